The number of hydrogen-bond acceptors (Lipinski definition) is 6. The highest BCUT2D eigenvalue weighted by atomic mass is 127. The van der Waals surface area contributed by atoms with Crippen molar-refractivity contribution in [3.63, 3.8) is 0 Å². The van der Waals surface area contributed by atoms with Gasteiger partial charge in [0.15, 0.2) is 5.96 Å². The molecule has 1 N–H and O–H groups in total. The van der Waals surface area contributed by atoms with Gasteiger partial charge >= 0.3 is 0 Å². The SMILES string of the molecule is CN=C(NCc1ccc(CN2CCCN(C)CC2)cc1)N1CCN(c2ncccn2)CC1.I. The molecule has 0 atom stereocenters. The van der Waals surface area contributed by atoms with Gasteiger partial charge in [-0.1, -0.05) is 24.3 Å². The highest BCUT2D eigenvalue weighted by molar-refractivity contribution is 14.0. The molecule has 3 heterocycles. The van der Waals surface area contributed by atoms with Crippen LogP contribution in [0.4, 0.5) is 5.95 Å². The summed E-state index contributed by atoms with van der Waals surface area (Å²) in [5.41, 5.74) is 2.67. The standard InChI is InChI=1S/C24H36N8.HI/c1-25-23(31-15-17-32(18-16-31)24-26-9-3-10-27-24)28-19-21-5-7-22(8-6-21)20-30-12-4-11-29(2)13-14-30;/h3,5-10H,4,11-20H2,1-2H3,(H,25,28);1H. The summed E-state index contributed by atoms with van der Waals surface area (Å²) >= 11 is 0. The van der Waals surface area contributed by atoms with E-state index in [-0.39, 0.29) is 24.0 Å². The molecular weight excluding hydrogens is 527 g/mol. The Labute approximate surface area is 215 Å². The molecular formula is C24H37IN8. The molecule has 2 aromatic rings. The Morgan fingerprint density at radius 2 is 1.61 bits per heavy atom. The molecule has 1 aromatic heterocycles. The lowest BCUT2D eigenvalue weighted by molar-refractivity contribution is 0.269. The Morgan fingerprint density at radius 3 is 2.30 bits per heavy atom. The third-order valence-corrected chi connectivity index (χ3v) is 6.32. The maximum atomic E-state index is 4.51. The van der Waals surface area contributed by atoms with Gasteiger partial charge in [0.25, 0.3) is 0 Å². The first-order valence-corrected chi connectivity index (χ1v) is 11.7. The van der Waals surface area contributed by atoms with E-state index < -0.39 is 0 Å². The molecule has 33 heavy (non-hydrogen) atoms. The van der Waals surface area contributed by atoms with E-state index >= 15 is 0 Å². The van der Waals surface area contributed by atoms with Gasteiger partial charge in [-0.15, -0.1) is 24.0 Å². The third-order valence-electron chi connectivity index (χ3n) is 6.32. The Morgan fingerprint density at radius 1 is 0.909 bits per heavy atom. The van der Waals surface area contributed by atoms with Crippen LogP contribution in [0.1, 0.15) is 17.5 Å². The summed E-state index contributed by atoms with van der Waals surface area (Å²) in [5.74, 6) is 1.76. The molecule has 2 fully saturated rings. The van der Waals surface area contributed by atoms with E-state index in [1.165, 1.54) is 30.6 Å². The lowest BCUT2D eigenvalue weighted by atomic mass is 10.1. The van der Waals surface area contributed by atoms with Crippen molar-refractivity contribution < 1.29 is 0 Å². The maximum absolute atomic E-state index is 4.51. The van der Waals surface area contributed by atoms with Crippen molar-refractivity contribution >= 4 is 35.9 Å². The van der Waals surface area contributed by atoms with Crippen LogP contribution in [0.2, 0.25) is 0 Å². The average molecular weight is 565 g/mol. The van der Waals surface area contributed by atoms with Crippen molar-refractivity contribution in [1.29, 1.82) is 0 Å². The van der Waals surface area contributed by atoms with E-state index in [9.17, 15) is 0 Å². The van der Waals surface area contributed by atoms with Gasteiger partial charge in [-0.25, -0.2) is 9.97 Å². The van der Waals surface area contributed by atoms with Crippen molar-refractivity contribution in [3.8, 4) is 0 Å². The summed E-state index contributed by atoms with van der Waals surface area (Å²) in [4.78, 5) is 22.8. The van der Waals surface area contributed by atoms with Crippen molar-refractivity contribution in [2.75, 3.05) is 71.4 Å². The normalized spacial score (nSPS) is 18.5. The molecule has 1 aromatic carbocycles. The number of aliphatic imine (C=N–C) groups is 1. The molecule has 2 aliphatic heterocycles. The summed E-state index contributed by atoms with van der Waals surface area (Å²) < 4.78 is 0. The fraction of sp³-hybridized carbons (Fsp3) is 0.542. The Kier molecular flexibility index (Phi) is 10.1. The van der Waals surface area contributed by atoms with Crippen LogP contribution in [0, 0.1) is 0 Å². The second kappa shape index (κ2) is 13.0. The van der Waals surface area contributed by atoms with E-state index in [0.29, 0.717) is 0 Å². The topological polar surface area (TPSA) is 63.1 Å². The summed E-state index contributed by atoms with van der Waals surface area (Å²) in [6.07, 6.45) is 4.85. The first-order valence-electron chi connectivity index (χ1n) is 11.7. The van der Waals surface area contributed by atoms with Crippen molar-refractivity contribution in [2.45, 2.75) is 19.5 Å². The molecule has 0 radical (unpaired) electrons. The van der Waals surface area contributed by atoms with E-state index in [0.717, 1.165) is 64.3 Å². The molecule has 180 valence electrons. The van der Waals surface area contributed by atoms with Gasteiger partial charge in [-0.3, -0.25) is 9.89 Å². The van der Waals surface area contributed by atoms with Gasteiger partial charge in [-0.2, -0.15) is 0 Å². The zero-order chi connectivity index (χ0) is 22.2. The quantitative estimate of drug-likeness (QED) is 0.339. The third kappa shape index (κ3) is 7.51. The highest BCUT2D eigenvalue weighted by Gasteiger charge is 2.21. The molecule has 8 nitrogen and oxygen atoms in total. The monoisotopic (exact) mass is 564 g/mol. The van der Waals surface area contributed by atoms with Gasteiger partial charge < -0.3 is 20.0 Å². The van der Waals surface area contributed by atoms with Gasteiger partial charge in [0.1, 0.15) is 0 Å². The smallest absolute Gasteiger partial charge is 0.225 e. The van der Waals surface area contributed by atoms with Gasteiger partial charge in [-0.05, 0) is 43.8 Å². The minimum atomic E-state index is 0. The number of nitrogens with zero attached hydrogens (tertiary/aromatic N) is 7. The molecule has 0 saturated carbocycles. The second-order valence-corrected chi connectivity index (χ2v) is 8.67. The second-order valence-electron chi connectivity index (χ2n) is 8.67. The van der Waals surface area contributed by atoms with Crippen LogP contribution in [0.5, 0.6) is 0 Å². The molecule has 2 aliphatic rings. The Bertz CT molecular complexity index is 853. The molecule has 0 aliphatic carbocycles. The van der Waals surface area contributed by atoms with Gasteiger partial charge in [0, 0.05) is 71.8 Å². The van der Waals surface area contributed by atoms with Crippen LogP contribution in [-0.2, 0) is 13.1 Å². The maximum Gasteiger partial charge on any atom is 0.225 e. The number of anilines is 1. The van der Waals surface area contributed by atoms with Crippen molar-refractivity contribution in [1.82, 2.24) is 30.0 Å². The molecule has 4 rings (SSSR count). The lowest BCUT2D eigenvalue weighted by Gasteiger charge is -2.36. The number of likely N-dealkylation sites (N-methyl/N-ethyl adjacent to an activating group) is 1. The lowest BCUT2D eigenvalue weighted by Crippen LogP contribution is -2.52. The predicted octanol–water partition coefficient (Wildman–Crippen LogP) is 2.13. The van der Waals surface area contributed by atoms with Crippen LogP contribution >= 0.6 is 24.0 Å². The van der Waals surface area contributed by atoms with Crippen molar-refractivity contribution in [3.05, 3.63) is 53.9 Å². The fourth-order valence-electron chi connectivity index (χ4n) is 4.36. The molecule has 0 spiro atoms. The molecule has 0 unspecified atom stereocenters. The predicted molar refractivity (Wildman–Crippen MR) is 145 cm³/mol. The zero-order valence-electron chi connectivity index (χ0n) is 19.9. The number of piperazine rings is 1. The summed E-state index contributed by atoms with van der Waals surface area (Å²) in [6.45, 7) is 10.1. The number of benzene rings is 1. The van der Waals surface area contributed by atoms with E-state index in [2.05, 4.69) is 71.2 Å². The Balaban J connectivity index is 0.00000306. The molecule has 0 bridgehead atoms. The van der Waals surface area contributed by atoms with Crippen LogP contribution < -0.4 is 10.2 Å². The van der Waals surface area contributed by atoms with E-state index in [4.69, 9.17) is 0 Å². The highest BCUT2D eigenvalue weighted by Crippen LogP contribution is 2.12. The average Bonchev–Trinajstić information content (AvgIpc) is 3.05. The summed E-state index contributed by atoms with van der Waals surface area (Å²) in [6, 6.07) is 10.9. The van der Waals surface area contributed by atoms with E-state index in [1.807, 2.05) is 13.1 Å². The minimum Gasteiger partial charge on any atom is -0.352 e. The minimum absolute atomic E-state index is 0. The van der Waals surface area contributed by atoms with Crippen LogP contribution in [0.15, 0.2) is 47.7 Å². The molecule has 9 heteroatoms. The number of rotatable bonds is 5. The summed E-state index contributed by atoms with van der Waals surface area (Å²) in [7, 11) is 4.08. The first-order chi connectivity index (χ1) is 15.7. The summed E-state index contributed by atoms with van der Waals surface area (Å²) in [5, 5.41) is 3.53. The van der Waals surface area contributed by atoms with Crippen LogP contribution in [0.25, 0.3) is 0 Å². The number of halogens is 1. The molecule has 2 saturated heterocycles. The largest absolute Gasteiger partial charge is 0.352 e. The van der Waals surface area contributed by atoms with Crippen molar-refractivity contribution in [2.24, 2.45) is 4.99 Å². The van der Waals surface area contributed by atoms with Crippen LogP contribution in [-0.4, -0.2) is 97.1 Å². The number of guanidine groups is 1. The number of aromatic nitrogens is 2. The molecule has 0 amide bonds. The van der Waals surface area contributed by atoms with Gasteiger partial charge in [0.05, 0.1) is 0 Å². The number of nitrogens with one attached hydrogen (secondary N) is 1. The van der Waals surface area contributed by atoms with Crippen LogP contribution in [0.3, 0.4) is 0 Å². The van der Waals surface area contributed by atoms with Gasteiger partial charge in [0.2, 0.25) is 5.95 Å². The Hall–Kier alpha value is -1.98. The van der Waals surface area contributed by atoms with E-state index in [1.54, 1.807) is 12.4 Å². The first kappa shape index (κ1) is 25.6. The zero-order valence-corrected chi connectivity index (χ0v) is 22.2. The number of hydrogen-bond donors (Lipinski definition) is 1. The fourth-order valence-corrected chi connectivity index (χ4v) is 4.36.